The summed E-state index contributed by atoms with van der Waals surface area (Å²) in [4.78, 5) is 16.2. The van der Waals surface area contributed by atoms with Crippen LogP contribution in [0.15, 0.2) is 24.3 Å². The van der Waals surface area contributed by atoms with Crippen molar-refractivity contribution in [3.8, 4) is 0 Å². The molecule has 3 rings (SSSR count). The molecule has 0 saturated carbocycles. The fourth-order valence-electron chi connectivity index (χ4n) is 3.40. The number of sulfonamides is 1. The fraction of sp³-hybridized carbons (Fsp3) is 0.562. The van der Waals surface area contributed by atoms with Gasteiger partial charge in [0.1, 0.15) is 5.25 Å². The quantitative estimate of drug-likeness (QED) is 0.905. The topological polar surface area (TPSA) is 83.7 Å². The predicted molar refractivity (Wildman–Crippen MR) is 91.0 cm³/mol. The average molecular weight is 337 g/mol. The molecule has 1 amide bonds. The fourth-order valence-corrected chi connectivity index (χ4v) is 4.13. The van der Waals surface area contributed by atoms with Crippen LogP contribution in [-0.2, 0) is 14.8 Å². The molecule has 7 heteroatoms. The molecule has 1 aromatic rings. The molecule has 2 N–H and O–H groups in total. The molecule has 0 spiro atoms. The summed E-state index contributed by atoms with van der Waals surface area (Å²) in [5.41, 5.74) is 1.81. The standard InChI is InChI=1S/C16H23N3O3S/c17-23(21,22)13-11-16(20)19(12-13)15-8-4-3-7-14(15)18-9-5-1-2-6-10-18/h3-4,7-8,13H,1-2,5-6,9-12H2,(H2,17,21,22). The first-order valence-corrected chi connectivity index (χ1v) is 9.74. The summed E-state index contributed by atoms with van der Waals surface area (Å²) < 4.78 is 23.2. The second-order valence-electron chi connectivity index (χ2n) is 6.31. The maximum Gasteiger partial charge on any atom is 0.228 e. The van der Waals surface area contributed by atoms with Crippen molar-refractivity contribution in [1.82, 2.24) is 0 Å². The molecule has 1 aromatic carbocycles. The van der Waals surface area contributed by atoms with Gasteiger partial charge in [-0.2, -0.15) is 0 Å². The van der Waals surface area contributed by atoms with Gasteiger partial charge in [-0.05, 0) is 25.0 Å². The van der Waals surface area contributed by atoms with Crippen LogP contribution in [0.3, 0.4) is 0 Å². The van der Waals surface area contributed by atoms with E-state index in [9.17, 15) is 13.2 Å². The van der Waals surface area contributed by atoms with Crippen LogP contribution in [0, 0.1) is 0 Å². The van der Waals surface area contributed by atoms with Crippen LogP contribution in [0.5, 0.6) is 0 Å². The minimum atomic E-state index is -3.70. The van der Waals surface area contributed by atoms with Gasteiger partial charge in [-0.1, -0.05) is 25.0 Å². The summed E-state index contributed by atoms with van der Waals surface area (Å²) in [6.07, 6.45) is 4.71. The zero-order valence-electron chi connectivity index (χ0n) is 13.1. The van der Waals surface area contributed by atoms with Crippen molar-refractivity contribution in [3.05, 3.63) is 24.3 Å². The highest BCUT2D eigenvalue weighted by molar-refractivity contribution is 7.89. The van der Waals surface area contributed by atoms with Gasteiger partial charge in [-0.3, -0.25) is 4.79 Å². The minimum Gasteiger partial charge on any atom is -0.370 e. The maximum absolute atomic E-state index is 12.3. The Bertz CT molecular complexity index is 682. The molecular weight excluding hydrogens is 314 g/mol. The van der Waals surface area contributed by atoms with Crippen LogP contribution >= 0.6 is 0 Å². The Morgan fingerprint density at radius 3 is 2.17 bits per heavy atom. The summed E-state index contributed by atoms with van der Waals surface area (Å²) in [6, 6.07) is 7.75. The Kier molecular flexibility index (Phi) is 4.59. The van der Waals surface area contributed by atoms with Crippen LogP contribution in [0.1, 0.15) is 32.1 Å². The molecule has 2 aliphatic heterocycles. The van der Waals surface area contributed by atoms with E-state index in [2.05, 4.69) is 4.90 Å². The van der Waals surface area contributed by atoms with Crippen molar-refractivity contribution in [1.29, 1.82) is 0 Å². The molecule has 1 unspecified atom stereocenters. The number of carbonyl (C=O) groups excluding carboxylic acids is 1. The van der Waals surface area contributed by atoms with E-state index in [1.807, 2.05) is 24.3 Å². The summed E-state index contributed by atoms with van der Waals surface area (Å²) in [5, 5.41) is 4.41. The molecule has 126 valence electrons. The highest BCUT2D eigenvalue weighted by atomic mass is 32.2. The van der Waals surface area contributed by atoms with Crippen LogP contribution in [0.25, 0.3) is 0 Å². The number of hydrogen-bond donors (Lipinski definition) is 1. The molecule has 0 radical (unpaired) electrons. The molecule has 2 fully saturated rings. The van der Waals surface area contributed by atoms with Crippen molar-refractivity contribution in [2.75, 3.05) is 29.4 Å². The molecule has 0 bridgehead atoms. The number of anilines is 2. The van der Waals surface area contributed by atoms with Crippen LogP contribution in [0.2, 0.25) is 0 Å². The Labute approximate surface area is 137 Å². The lowest BCUT2D eigenvalue weighted by molar-refractivity contribution is -0.117. The number of nitrogens with zero attached hydrogens (tertiary/aromatic N) is 2. The lowest BCUT2D eigenvalue weighted by atomic mass is 10.2. The van der Waals surface area contributed by atoms with Crippen molar-refractivity contribution in [2.45, 2.75) is 37.4 Å². The largest absolute Gasteiger partial charge is 0.370 e. The Morgan fingerprint density at radius 1 is 1.00 bits per heavy atom. The Balaban J connectivity index is 1.90. The van der Waals surface area contributed by atoms with Crippen molar-refractivity contribution < 1.29 is 13.2 Å². The second-order valence-corrected chi connectivity index (χ2v) is 8.15. The van der Waals surface area contributed by atoms with E-state index in [-0.39, 0.29) is 18.9 Å². The van der Waals surface area contributed by atoms with E-state index < -0.39 is 15.3 Å². The number of para-hydroxylation sites is 2. The maximum atomic E-state index is 12.3. The van der Waals surface area contributed by atoms with Gasteiger partial charge >= 0.3 is 0 Å². The van der Waals surface area contributed by atoms with Crippen LogP contribution < -0.4 is 14.9 Å². The zero-order chi connectivity index (χ0) is 16.4. The summed E-state index contributed by atoms with van der Waals surface area (Å²) >= 11 is 0. The van der Waals surface area contributed by atoms with Gasteiger partial charge in [0.25, 0.3) is 0 Å². The van der Waals surface area contributed by atoms with Crippen LogP contribution in [0.4, 0.5) is 11.4 Å². The van der Waals surface area contributed by atoms with E-state index in [0.717, 1.165) is 37.3 Å². The molecule has 0 aromatic heterocycles. The average Bonchev–Trinajstić information content (AvgIpc) is 2.73. The summed E-state index contributed by atoms with van der Waals surface area (Å²) in [6.45, 7) is 2.08. The number of benzene rings is 1. The molecule has 6 nitrogen and oxygen atoms in total. The van der Waals surface area contributed by atoms with Crippen molar-refractivity contribution in [3.63, 3.8) is 0 Å². The third-order valence-electron chi connectivity index (χ3n) is 4.67. The third-order valence-corrected chi connectivity index (χ3v) is 5.92. The van der Waals surface area contributed by atoms with Gasteiger partial charge in [0.2, 0.25) is 15.9 Å². The Hall–Kier alpha value is -1.60. The van der Waals surface area contributed by atoms with Gasteiger partial charge in [0.15, 0.2) is 0 Å². The van der Waals surface area contributed by atoms with Crippen molar-refractivity contribution >= 4 is 27.3 Å². The number of nitrogens with two attached hydrogens (primary N) is 1. The monoisotopic (exact) mass is 337 g/mol. The highest BCUT2D eigenvalue weighted by Gasteiger charge is 2.38. The highest BCUT2D eigenvalue weighted by Crippen LogP contribution is 2.34. The van der Waals surface area contributed by atoms with E-state index in [1.165, 1.54) is 12.8 Å². The molecule has 0 aliphatic carbocycles. The van der Waals surface area contributed by atoms with Gasteiger partial charge in [-0.15, -0.1) is 0 Å². The van der Waals surface area contributed by atoms with E-state index in [1.54, 1.807) is 4.90 Å². The van der Waals surface area contributed by atoms with E-state index >= 15 is 0 Å². The normalized spacial score (nSPS) is 23.2. The first kappa shape index (κ1) is 16.3. The number of primary sulfonamides is 1. The number of rotatable bonds is 3. The number of hydrogen-bond acceptors (Lipinski definition) is 4. The van der Waals surface area contributed by atoms with Gasteiger partial charge in [-0.25, -0.2) is 13.6 Å². The molecule has 1 atom stereocenters. The molecule has 2 saturated heterocycles. The van der Waals surface area contributed by atoms with E-state index in [0.29, 0.717) is 0 Å². The Morgan fingerprint density at radius 2 is 1.61 bits per heavy atom. The molecule has 2 heterocycles. The van der Waals surface area contributed by atoms with Gasteiger partial charge in [0, 0.05) is 26.1 Å². The summed E-state index contributed by atoms with van der Waals surface area (Å²) in [5.74, 6) is -0.175. The lowest BCUT2D eigenvalue weighted by Crippen LogP contribution is -2.33. The smallest absolute Gasteiger partial charge is 0.228 e. The molecular formula is C16H23N3O3S. The first-order valence-electron chi connectivity index (χ1n) is 8.13. The SMILES string of the molecule is NS(=O)(=O)C1CC(=O)N(c2ccccc2N2CCCCCC2)C1. The van der Waals surface area contributed by atoms with Gasteiger partial charge in [0.05, 0.1) is 11.4 Å². The lowest BCUT2D eigenvalue weighted by Gasteiger charge is -2.28. The molecule has 2 aliphatic rings. The number of amides is 1. The molecule has 23 heavy (non-hydrogen) atoms. The second kappa shape index (κ2) is 6.49. The van der Waals surface area contributed by atoms with Gasteiger partial charge < -0.3 is 9.80 Å². The minimum absolute atomic E-state index is 0.0346. The first-order chi connectivity index (χ1) is 11.0. The van der Waals surface area contributed by atoms with E-state index in [4.69, 9.17) is 5.14 Å². The van der Waals surface area contributed by atoms with Crippen LogP contribution in [-0.4, -0.2) is 39.2 Å². The number of carbonyl (C=O) groups is 1. The third kappa shape index (κ3) is 3.50. The summed E-state index contributed by atoms with van der Waals surface area (Å²) in [7, 11) is -3.70. The zero-order valence-corrected chi connectivity index (χ0v) is 14.0. The van der Waals surface area contributed by atoms with Crippen molar-refractivity contribution in [2.24, 2.45) is 5.14 Å². The predicted octanol–water partition coefficient (Wildman–Crippen LogP) is 1.46.